The summed E-state index contributed by atoms with van der Waals surface area (Å²) >= 11 is 0. The Morgan fingerprint density at radius 2 is 1.88 bits per heavy atom. The van der Waals surface area contributed by atoms with E-state index < -0.39 is 0 Å². The zero-order valence-corrected chi connectivity index (χ0v) is 14.2. The molecule has 1 aromatic carbocycles. The molecule has 0 unspecified atom stereocenters. The number of carbonyl (C=O) groups excluding carboxylic acids is 1. The maximum atomic E-state index is 12.6. The first-order chi connectivity index (χ1) is 11.7. The van der Waals surface area contributed by atoms with Gasteiger partial charge in [0, 0.05) is 37.9 Å². The lowest BCUT2D eigenvalue weighted by molar-refractivity contribution is 0.0752. The first-order valence-electron chi connectivity index (χ1n) is 8.83. The predicted octanol–water partition coefficient (Wildman–Crippen LogP) is 2.03. The van der Waals surface area contributed by atoms with Gasteiger partial charge in [-0.2, -0.15) is 5.10 Å². The molecular weight excluding hydrogens is 300 g/mol. The molecule has 0 saturated carbocycles. The van der Waals surface area contributed by atoms with Crippen LogP contribution in [0.4, 0.5) is 0 Å². The van der Waals surface area contributed by atoms with Crippen molar-refractivity contribution in [1.29, 1.82) is 0 Å². The third kappa shape index (κ3) is 2.96. The summed E-state index contributed by atoms with van der Waals surface area (Å²) in [5, 5.41) is 6.98. The number of aromatic amines is 1. The van der Waals surface area contributed by atoms with Crippen molar-refractivity contribution in [3.05, 3.63) is 52.8 Å². The maximum Gasteiger partial charge on any atom is 0.274 e. The van der Waals surface area contributed by atoms with Crippen molar-refractivity contribution in [3.63, 3.8) is 0 Å². The monoisotopic (exact) mass is 324 g/mol. The molecule has 126 valence electrons. The summed E-state index contributed by atoms with van der Waals surface area (Å²) in [7, 11) is 0. The minimum absolute atomic E-state index is 0.0518. The summed E-state index contributed by atoms with van der Waals surface area (Å²) in [6, 6.07) is 11.2. The smallest absolute Gasteiger partial charge is 0.274 e. The van der Waals surface area contributed by atoms with Crippen LogP contribution in [0.2, 0.25) is 0 Å². The summed E-state index contributed by atoms with van der Waals surface area (Å²) in [5.41, 5.74) is 4.45. The summed E-state index contributed by atoms with van der Waals surface area (Å²) in [6.07, 6.45) is 3.31. The predicted molar refractivity (Wildman–Crippen MR) is 93.1 cm³/mol. The van der Waals surface area contributed by atoms with Gasteiger partial charge in [-0.1, -0.05) is 24.3 Å². The Labute approximate surface area is 142 Å². The second-order valence-corrected chi connectivity index (χ2v) is 6.95. The Morgan fingerprint density at radius 1 is 1.12 bits per heavy atom. The van der Waals surface area contributed by atoms with Gasteiger partial charge in [0.25, 0.3) is 5.91 Å². The van der Waals surface area contributed by atoms with Gasteiger partial charge in [0.15, 0.2) is 0 Å². The Hall–Kier alpha value is -2.14. The van der Waals surface area contributed by atoms with Crippen molar-refractivity contribution in [1.82, 2.24) is 20.0 Å². The van der Waals surface area contributed by atoms with E-state index in [4.69, 9.17) is 0 Å². The molecule has 1 saturated heterocycles. The number of H-pyrrole nitrogens is 1. The average molecular weight is 324 g/mol. The highest BCUT2D eigenvalue weighted by Crippen LogP contribution is 2.26. The summed E-state index contributed by atoms with van der Waals surface area (Å²) < 4.78 is 0. The number of hydrogen-bond donors (Lipinski definition) is 1. The van der Waals surface area contributed by atoms with Crippen LogP contribution in [0.1, 0.15) is 33.7 Å². The van der Waals surface area contributed by atoms with Crippen LogP contribution in [-0.2, 0) is 12.8 Å². The molecule has 5 heteroatoms. The molecule has 0 atom stereocenters. The van der Waals surface area contributed by atoms with Gasteiger partial charge in [0.05, 0.1) is 0 Å². The average Bonchev–Trinajstić information content (AvgIpc) is 3.13. The molecule has 0 spiro atoms. The molecule has 2 heterocycles. The number of fused-ring (bicyclic) bond motifs is 1. The molecule has 1 aliphatic heterocycles. The fraction of sp³-hybridized carbons (Fsp3) is 0.474. The first-order valence-corrected chi connectivity index (χ1v) is 8.83. The van der Waals surface area contributed by atoms with Gasteiger partial charge in [-0.3, -0.25) is 14.8 Å². The molecule has 5 nitrogen and oxygen atoms in total. The molecule has 4 rings (SSSR count). The SMILES string of the molecule is Cc1cc(C(=O)N2CCCN(C3Cc4ccccc4C3)CC2)n[nH]1. The molecule has 1 aromatic heterocycles. The van der Waals surface area contributed by atoms with Crippen molar-refractivity contribution in [2.24, 2.45) is 0 Å². The van der Waals surface area contributed by atoms with E-state index in [1.807, 2.05) is 17.9 Å². The molecule has 1 N–H and O–H groups in total. The third-order valence-electron chi connectivity index (χ3n) is 5.29. The van der Waals surface area contributed by atoms with Crippen molar-refractivity contribution < 1.29 is 4.79 Å². The van der Waals surface area contributed by atoms with Crippen LogP contribution in [0.25, 0.3) is 0 Å². The van der Waals surface area contributed by atoms with Gasteiger partial charge in [-0.15, -0.1) is 0 Å². The number of carbonyl (C=O) groups is 1. The number of nitrogens with zero attached hydrogens (tertiary/aromatic N) is 3. The van der Waals surface area contributed by atoms with Gasteiger partial charge < -0.3 is 4.90 Å². The second-order valence-electron chi connectivity index (χ2n) is 6.95. The Balaban J connectivity index is 1.39. The van der Waals surface area contributed by atoms with Crippen molar-refractivity contribution in [2.75, 3.05) is 26.2 Å². The topological polar surface area (TPSA) is 52.2 Å². The lowest BCUT2D eigenvalue weighted by atomic mass is 10.1. The number of benzene rings is 1. The second kappa shape index (κ2) is 6.40. The number of rotatable bonds is 2. The number of aromatic nitrogens is 2. The molecule has 2 aliphatic rings. The molecule has 2 aromatic rings. The van der Waals surface area contributed by atoms with Crippen LogP contribution in [0.3, 0.4) is 0 Å². The van der Waals surface area contributed by atoms with Gasteiger partial charge in [0.2, 0.25) is 0 Å². The highest BCUT2D eigenvalue weighted by Gasteiger charge is 2.29. The van der Waals surface area contributed by atoms with Crippen LogP contribution in [-0.4, -0.2) is 58.1 Å². The zero-order valence-electron chi connectivity index (χ0n) is 14.2. The van der Waals surface area contributed by atoms with E-state index in [2.05, 4.69) is 39.4 Å². The number of nitrogens with one attached hydrogen (secondary N) is 1. The summed E-state index contributed by atoms with van der Waals surface area (Å²) in [5.74, 6) is 0.0518. The van der Waals surface area contributed by atoms with E-state index in [0.717, 1.165) is 51.1 Å². The lowest BCUT2D eigenvalue weighted by Gasteiger charge is -2.27. The number of amides is 1. The molecule has 1 amide bonds. The molecule has 1 fully saturated rings. The van der Waals surface area contributed by atoms with E-state index >= 15 is 0 Å². The minimum Gasteiger partial charge on any atom is -0.336 e. The highest BCUT2D eigenvalue weighted by molar-refractivity contribution is 5.92. The van der Waals surface area contributed by atoms with E-state index in [1.54, 1.807) is 0 Å². The minimum atomic E-state index is 0.0518. The summed E-state index contributed by atoms with van der Waals surface area (Å²) in [4.78, 5) is 17.1. The van der Waals surface area contributed by atoms with E-state index in [-0.39, 0.29) is 5.91 Å². The number of aryl methyl sites for hydroxylation is 1. The molecular formula is C19H24N4O. The third-order valence-corrected chi connectivity index (χ3v) is 5.29. The van der Waals surface area contributed by atoms with Crippen molar-refractivity contribution >= 4 is 5.91 Å². The Kier molecular flexibility index (Phi) is 4.10. The van der Waals surface area contributed by atoms with Gasteiger partial charge in [-0.05, 0) is 43.4 Å². The normalized spacial score (nSPS) is 19.3. The first kappa shape index (κ1) is 15.4. The number of hydrogen-bond acceptors (Lipinski definition) is 3. The molecule has 0 bridgehead atoms. The molecule has 24 heavy (non-hydrogen) atoms. The standard InChI is InChI=1S/C19H24N4O/c1-14-11-18(21-20-14)19(24)23-8-4-7-22(9-10-23)17-12-15-5-2-3-6-16(15)13-17/h2-3,5-6,11,17H,4,7-10,12-13H2,1H3,(H,20,21). The highest BCUT2D eigenvalue weighted by atomic mass is 16.2. The quantitative estimate of drug-likeness (QED) is 0.920. The van der Waals surface area contributed by atoms with Crippen molar-refractivity contribution in [2.45, 2.75) is 32.2 Å². The van der Waals surface area contributed by atoms with Crippen LogP contribution >= 0.6 is 0 Å². The van der Waals surface area contributed by atoms with Gasteiger partial charge >= 0.3 is 0 Å². The molecule has 1 aliphatic carbocycles. The van der Waals surface area contributed by atoms with E-state index in [0.29, 0.717) is 11.7 Å². The fourth-order valence-electron chi connectivity index (χ4n) is 3.99. The van der Waals surface area contributed by atoms with E-state index in [9.17, 15) is 4.79 Å². The Bertz CT molecular complexity index is 713. The van der Waals surface area contributed by atoms with E-state index in [1.165, 1.54) is 11.1 Å². The van der Waals surface area contributed by atoms with Gasteiger partial charge in [0.1, 0.15) is 5.69 Å². The van der Waals surface area contributed by atoms with Crippen LogP contribution in [0.5, 0.6) is 0 Å². The van der Waals surface area contributed by atoms with Crippen molar-refractivity contribution in [3.8, 4) is 0 Å². The lowest BCUT2D eigenvalue weighted by Crippen LogP contribution is -2.40. The molecule has 0 radical (unpaired) electrons. The fourth-order valence-corrected chi connectivity index (χ4v) is 3.99. The Morgan fingerprint density at radius 3 is 2.54 bits per heavy atom. The summed E-state index contributed by atoms with van der Waals surface area (Å²) in [6.45, 7) is 5.56. The zero-order chi connectivity index (χ0) is 16.5. The van der Waals surface area contributed by atoms with Gasteiger partial charge in [-0.25, -0.2) is 0 Å². The van der Waals surface area contributed by atoms with Crippen LogP contribution < -0.4 is 0 Å². The van der Waals surface area contributed by atoms with Crippen LogP contribution in [0, 0.1) is 6.92 Å². The van der Waals surface area contributed by atoms with Crippen LogP contribution in [0.15, 0.2) is 30.3 Å². The largest absolute Gasteiger partial charge is 0.336 e. The maximum absolute atomic E-state index is 12.6.